The fourth-order valence-electron chi connectivity index (χ4n) is 2.61. The second-order valence-electron chi connectivity index (χ2n) is 5.03. The van der Waals surface area contributed by atoms with Crippen LogP contribution in [-0.2, 0) is 0 Å². The third kappa shape index (κ3) is 2.15. The van der Waals surface area contributed by atoms with Crippen LogP contribution in [0, 0.1) is 0 Å². The van der Waals surface area contributed by atoms with Gasteiger partial charge in [-0.15, -0.1) is 10.2 Å². The van der Waals surface area contributed by atoms with E-state index in [4.69, 9.17) is 0 Å². The molecule has 0 bridgehead atoms. The maximum atomic E-state index is 12.3. The van der Waals surface area contributed by atoms with Gasteiger partial charge >= 0.3 is 0 Å². The molecule has 0 atom stereocenters. The van der Waals surface area contributed by atoms with Crippen molar-refractivity contribution in [3.63, 3.8) is 0 Å². The number of hydrogen-bond donors (Lipinski definition) is 3. The maximum absolute atomic E-state index is 12.3. The smallest absolute Gasteiger partial charge is 0.259 e. The Balaban J connectivity index is 1.94. The number of aromatic amines is 2. The molecule has 3 N–H and O–H groups in total. The molecule has 0 radical (unpaired) electrons. The Labute approximate surface area is 129 Å². The highest BCUT2D eigenvalue weighted by molar-refractivity contribution is 5.98. The highest BCUT2D eigenvalue weighted by Gasteiger charge is 2.13. The molecule has 112 valence electrons. The average molecular weight is 305 g/mol. The number of benzene rings is 2. The van der Waals surface area contributed by atoms with Crippen LogP contribution in [0.5, 0.6) is 5.75 Å². The van der Waals surface area contributed by atoms with Crippen molar-refractivity contribution in [2.75, 3.05) is 0 Å². The van der Waals surface area contributed by atoms with Gasteiger partial charge < -0.3 is 10.1 Å². The summed E-state index contributed by atoms with van der Waals surface area (Å²) in [6.45, 7) is 0. The number of nitrogens with one attached hydrogen (secondary N) is 2. The van der Waals surface area contributed by atoms with Gasteiger partial charge in [0.1, 0.15) is 5.75 Å². The van der Waals surface area contributed by atoms with Crippen molar-refractivity contribution in [1.82, 2.24) is 25.6 Å². The van der Waals surface area contributed by atoms with Crippen molar-refractivity contribution in [1.29, 1.82) is 0 Å². The second kappa shape index (κ2) is 5.06. The molecule has 0 spiro atoms. The van der Waals surface area contributed by atoms with E-state index in [9.17, 15) is 9.90 Å². The molecule has 0 amide bonds. The van der Waals surface area contributed by atoms with Gasteiger partial charge in [0.15, 0.2) is 0 Å². The summed E-state index contributed by atoms with van der Waals surface area (Å²) in [5.41, 5.74) is 1.06. The molecule has 2 aromatic carbocycles. The van der Waals surface area contributed by atoms with E-state index >= 15 is 0 Å². The van der Waals surface area contributed by atoms with Gasteiger partial charge in [-0.1, -0.05) is 30.3 Å². The summed E-state index contributed by atoms with van der Waals surface area (Å²) in [6, 6.07) is 14.4. The van der Waals surface area contributed by atoms with Crippen LogP contribution in [0.25, 0.3) is 33.4 Å². The molecule has 2 heterocycles. The number of rotatable bonds is 2. The van der Waals surface area contributed by atoms with Crippen LogP contribution in [0.4, 0.5) is 0 Å². The Morgan fingerprint density at radius 2 is 1.87 bits per heavy atom. The Hall–Kier alpha value is -3.48. The van der Waals surface area contributed by atoms with Crippen molar-refractivity contribution in [3.8, 4) is 28.4 Å². The number of phenolic OH excluding ortho intramolecular Hbond substituents is 1. The molecule has 23 heavy (non-hydrogen) atoms. The van der Waals surface area contributed by atoms with Crippen LogP contribution in [0.1, 0.15) is 0 Å². The number of nitrogens with zero attached hydrogens (tertiary/aromatic N) is 3. The zero-order valence-electron chi connectivity index (χ0n) is 11.8. The van der Waals surface area contributed by atoms with Crippen molar-refractivity contribution in [2.24, 2.45) is 0 Å². The lowest BCUT2D eigenvalue weighted by Crippen LogP contribution is -2.10. The third-order valence-electron chi connectivity index (χ3n) is 3.67. The maximum Gasteiger partial charge on any atom is 0.259 e. The van der Waals surface area contributed by atoms with Crippen molar-refractivity contribution < 1.29 is 5.11 Å². The Kier molecular flexibility index (Phi) is 2.90. The predicted octanol–water partition coefficient (Wildman–Crippen LogP) is 2.08. The van der Waals surface area contributed by atoms with Crippen LogP contribution in [0.3, 0.4) is 0 Å². The largest absolute Gasteiger partial charge is 0.507 e. The van der Waals surface area contributed by atoms with Gasteiger partial charge in [0.05, 0.1) is 11.3 Å². The lowest BCUT2D eigenvalue weighted by molar-refractivity contribution is 0.478. The number of H-pyrrole nitrogens is 2. The summed E-state index contributed by atoms with van der Waals surface area (Å²) in [5.74, 6) is 0.326. The molecule has 0 fully saturated rings. The molecule has 0 unspecified atom stereocenters. The summed E-state index contributed by atoms with van der Waals surface area (Å²) < 4.78 is 0. The zero-order chi connectivity index (χ0) is 15.8. The highest BCUT2D eigenvalue weighted by Crippen LogP contribution is 2.35. The number of aromatic nitrogens is 5. The van der Waals surface area contributed by atoms with E-state index in [-0.39, 0.29) is 17.1 Å². The van der Waals surface area contributed by atoms with E-state index in [1.807, 2.05) is 30.3 Å². The lowest BCUT2D eigenvalue weighted by Gasteiger charge is -2.09. The quantitative estimate of drug-likeness (QED) is 0.525. The Morgan fingerprint density at radius 3 is 2.65 bits per heavy atom. The molecule has 0 saturated carbocycles. The summed E-state index contributed by atoms with van der Waals surface area (Å²) in [5, 5.41) is 25.4. The predicted molar refractivity (Wildman–Crippen MR) is 84.8 cm³/mol. The summed E-state index contributed by atoms with van der Waals surface area (Å²) in [7, 11) is 0. The normalized spacial score (nSPS) is 11.0. The van der Waals surface area contributed by atoms with Crippen molar-refractivity contribution in [3.05, 3.63) is 58.9 Å². The minimum absolute atomic E-state index is 0.103. The monoisotopic (exact) mass is 305 g/mol. The zero-order valence-corrected chi connectivity index (χ0v) is 11.8. The lowest BCUT2D eigenvalue weighted by atomic mass is 10.0. The van der Waals surface area contributed by atoms with Crippen LogP contribution in [0.2, 0.25) is 0 Å². The summed E-state index contributed by atoms with van der Waals surface area (Å²) in [6.07, 6.45) is 0. The Bertz CT molecular complexity index is 1050. The van der Waals surface area contributed by atoms with E-state index in [2.05, 4.69) is 25.6 Å². The van der Waals surface area contributed by atoms with Crippen LogP contribution in [0.15, 0.2) is 53.3 Å². The van der Waals surface area contributed by atoms with Gasteiger partial charge in [0.2, 0.25) is 5.82 Å². The Morgan fingerprint density at radius 1 is 1.00 bits per heavy atom. The van der Waals surface area contributed by atoms with Crippen molar-refractivity contribution >= 4 is 10.8 Å². The summed E-state index contributed by atoms with van der Waals surface area (Å²) in [4.78, 5) is 15.1. The third-order valence-corrected chi connectivity index (χ3v) is 3.67. The van der Waals surface area contributed by atoms with E-state index in [0.717, 1.165) is 10.8 Å². The van der Waals surface area contributed by atoms with Gasteiger partial charge in [0.25, 0.3) is 5.56 Å². The number of hydrogen-bond acceptors (Lipinski definition) is 5. The second-order valence-corrected chi connectivity index (χ2v) is 5.03. The number of phenols is 1. The first-order valence-corrected chi connectivity index (χ1v) is 6.92. The number of fused-ring (bicyclic) bond motifs is 1. The first kappa shape index (κ1) is 13.2. The fraction of sp³-hybridized carbons (Fsp3) is 0. The molecule has 4 rings (SSSR count). The molecule has 0 aliphatic rings. The molecule has 0 aliphatic carbocycles. The van der Waals surface area contributed by atoms with Gasteiger partial charge in [-0.25, -0.2) is 0 Å². The first-order chi connectivity index (χ1) is 11.2. The molecule has 7 heteroatoms. The number of pyridine rings is 1. The van der Waals surface area contributed by atoms with E-state index in [1.54, 1.807) is 18.2 Å². The summed E-state index contributed by atoms with van der Waals surface area (Å²) >= 11 is 0. The topological polar surface area (TPSA) is 108 Å². The van der Waals surface area contributed by atoms with Crippen molar-refractivity contribution in [2.45, 2.75) is 0 Å². The van der Waals surface area contributed by atoms with Crippen LogP contribution >= 0.6 is 0 Å². The highest BCUT2D eigenvalue weighted by atomic mass is 16.3. The molecule has 0 saturated heterocycles. The first-order valence-electron chi connectivity index (χ1n) is 6.92. The standard InChI is InChI=1S/C16H11N5O2/c22-13-8-5-9-3-1-2-4-10(9)14(13)12-7-6-11(16(23)17-12)15-18-20-21-19-15/h1-8,22H,(H,17,23)(H,18,19,20,21). The number of tetrazole rings is 1. The minimum Gasteiger partial charge on any atom is -0.507 e. The van der Waals surface area contributed by atoms with Gasteiger partial charge in [0, 0.05) is 5.56 Å². The molecule has 4 aromatic rings. The molecular weight excluding hydrogens is 294 g/mol. The van der Waals surface area contributed by atoms with Crippen LogP contribution in [-0.4, -0.2) is 30.7 Å². The van der Waals surface area contributed by atoms with Crippen LogP contribution < -0.4 is 5.56 Å². The minimum atomic E-state index is -0.351. The number of aromatic hydroxyl groups is 1. The SMILES string of the molecule is O=c1[nH]c(-c2c(O)ccc3ccccc23)ccc1-c1nn[nH]n1. The van der Waals surface area contributed by atoms with Gasteiger partial charge in [-0.05, 0) is 34.2 Å². The van der Waals surface area contributed by atoms with Gasteiger partial charge in [-0.2, -0.15) is 5.21 Å². The van der Waals surface area contributed by atoms with E-state index in [1.165, 1.54) is 0 Å². The molecule has 7 nitrogen and oxygen atoms in total. The molecule has 0 aliphatic heterocycles. The van der Waals surface area contributed by atoms with Gasteiger partial charge in [-0.3, -0.25) is 4.79 Å². The van der Waals surface area contributed by atoms with E-state index in [0.29, 0.717) is 16.8 Å². The van der Waals surface area contributed by atoms with E-state index < -0.39 is 0 Å². The fourth-order valence-corrected chi connectivity index (χ4v) is 2.61. The average Bonchev–Trinajstić information content (AvgIpc) is 3.09. The molecular formula is C16H11N5O2. The molecule has 2 aromatic heterocycles.